The second-order valence-corrected chi connectivity index (χ2v) is 7.50. The van der Waals surface area contributed by atoms with E-state index in [0.29, 0.717) is 34.7 Å². The van der Waals surface area contributed by atoms with E-state index < -0.39 is 0 Å². The maximum absolute atomic E-state index is 12.9. The number of piperidine rings is 1. The van der Waals surface area contributed by atoms with Gasteiger partial charge in [-0.2, -0.15) is 0 Å². The van der Waals surface area contributed by atoms with Crippen molar-refractivity contribution in [2.75, 3.05) is 30.8 Å². The number of hydrogen-bond acceptors (Lipinski definition) is 7. The zero-order chi connectivity index (χ0) is 20.9. The first-order valence-electron chi connectivity index (χ1n) is 9.77. The molecule has 2 aromatic heterocycles. The van der Waals surface area contributed by atoms with Gasteiger partial charge in [-0.05, 0) is 43.2 Å². The van der Waals surface area contributed by atoms with Crippen molar-refractivity contribution in [3.05, 3.63) is 65.2 Å². The van der Waals surface area contributed by atoms with Crippen LogP contribution in [0.15, 0.2) is 48.9 Å². The number of amides is 1. The van der Waals surface area contributed by atoms with Crippen molar-refractivity contribution in [3.8, 4) is 0 Å². The van der Waals surface area contributed by atoms with Crippen LogP contribution in [0.4, 0.5) is 17.6 Å². The summed E-state index contributed by atoms with van der Waals surface area (Å²) >= 11 is 5.94. The Labute approximate surface area is 179 Å². The predicted molar refractivity (Wildman–Crippen MR) is 116 cm³/mol. The second kappa shape index (κ2) is 9.04. The highest BCUT2D eigenvalue weighted by Gasteiger charge is 2.26. The van der Waals surface area contributed by atoms with Crippen molar-refractivity contribution in [1.29, 1.82) is 0 Å². The van der Waals surface area contributed by atoms with Crippen molar-refractivity contribution in [2.24, 2.45) is 0 Å². The SMILES string of the molecule is CNc1cc(Nc2nccc(C3CCCN(C(=O)c4ccc(Cl)cc4)C3)n2)ncn1. The number of halogens is 1. The molecule has 1 atom stereocenters. The van der Waals surface area contributed by atoms with Crippen LogP contribution >= 0.6 is 11.6 Å². The van der Waals surface area contributed by atoms with Crippen LogP contribution < -0.4 is 10.6 Å². The van der Waals surface area contributed by atoms with Gasteiger partial charge in [0.25, 0.3) is 5.91 Å². The van der Waals surface area contributed by atoms with Gasteiger partial charge in [0.15, 0.2) is 0 Å². The summed E-state index contributed by atoms with van der Waals surface area (Å²) in [7, 11) is 1.80. The van der Waals surface area contributed by atoms with E-state index in [4.69, 9.17) is 11.6 Å². The number of likely N-dealkylation sites (tertiary alicyclic amines) is 1. The minimum atomic E-state index is 0.0179. The summed E-state index contributed by atoms with van der Waals surface area (Å²) in [6, 6.07) is 10.7. The Morgan fingerprint density at radius 2 is 1.93 bits per heavy atom. The molecule has 0 aliphatic carbocycles. The van der Waals surface area contributed by atoms with Gasteiger partial charge in [0.2, 0.25) is 5.95 Å². The predicted octanol–water partition coefficient (Wildman–Crippen LogP) is 3.73. The quantitative estimate of drug-likeness (QED) is 0.645. The lowest BCUT2D eigenvalue weighted by Gasteiger charge is -2.32. The van der Waals surface area contributed by atoms with Gasteiger partial charge in [0, 0.05) is 48.9 Å². The zero-order valence-corrected chi connectivity index (χ0v) is 17.3. The Morgan fingerprint density at radius 3 is 2.73 bits per heavy atom. The van der Waals surface area contributed by atoms with Crippen LogP contribution in [0.3, 0.4) is 0 Å². The molecule has 8 nitrogen and oxygen atoms in total. The summed E-state index contributed by atoms with van der Waals surface area (Å²) in [5, 5.41) is 6.71. The Balaban J connectivity index is 1.47. The smallest absolute Gasteiger partial charge is 0.253 e. The van der Waals surface area contributed by atoms with E-state index in [2.05, 4.69) is 30.6 Å². The lowest BCUT2D eigenvalue weighted by molar-refractivity contribution is 0.0706. The molecule has 0 radical (unpaired) electrons. The average molecular weight is 424 g/mol. The minimum Gasteiger partial charge on any atom is -0.373 e. The van der Waals surface area contributed by atoms with Gasteiger partial charge < -0.3 is 15.5 Å². The highest BCUT2D eigenvalue weighted by molar-refractivity contribution is 6.30. The molecule has 1 amide bonds. The first-order chi connectivity index (χ1) is 14.6. The molecule has 1 aromatic carbocycles. The van der Waals surface area contributed by atoms with Crippen molar-refractivity contribution in [3.63, 3.8) is 0 Å². The molecule has 1 aliphatic rings. The van der Waals surface area contributed by atoms with E-state index in [-0.39, 0.29) is 11.8 Å². The van der Waals surface area contributed by atoms with Crippen LogP contribution in [0.1, 0.15) is 34.8 Å². The topological polar surface area (TPSA) is 95.9 Å². The highest BCUT2D eigenvalue weighted by atomic mass is 35.5. The molecule has 1 fully saturated rings. The van der Waals surface area contributed by atoms with Gasteiger partial charge in [0.1, 0.15) is 18.0 Å². The second-order valence-electron chi connectivity index (χ2n) is 7.07. The summed E-state index contributed by atoms with van der Waals surface area (Å²) < 4.78 is 0. The summed E-state index contributed by atoms with van der Waals surface area (Å²) in [5.74, 6) is 1.94. The normalized spacial score (nSPS) is 16.2. The molecule has 30 heavy (non-hydrogen) atoms. The lowest BCUT2D eigenvalue weighted by atomic mass is 9.94. The maximum Gasteiger partial charge on any atom is 0.253 e. The number of benzene rings is 1. The van der Waals surface area contributed by atoms with E-state index in [1.165, 1.54) is 6.33 Å². The fraction of sp³-hybridized carbons (Fsp3) is 0.286. The fourth-order valence-electron chi connectivity index (χ4n) is 3.52. The average Bonchev–Trinajstić information content (AvgIpc) is 2.79. The van der Waals surface area contributed by atoms with Crippen LogP contribution in [-0.2, 0) is 0 Å². The van der Waals surface area contributed by atoms with Gasteiger partial charge in [-0.1, -0.05) is 11.6 Å². The van der Waals surface area contributed by atoms with Crippen LogP contribution in [0.2, 0.25) is 5.02 Å². The molecular weight excluding hydrogens is 402 g/mol. The van der Waals surface area contributed by atoms with E-state index in [1.807, 2.05) is 11.0 Å². The Morgan fingerprint density at radius 1 is 1.13 bits per heavy atom. The molecule has 2 N–H and O–H groups in total. The molecule has 4 rings (SSSR count). The fourth-order valence-corrected chi connectivity index (χ4v) is 3.64. The number of anilines is 3. The van der Waals surface area contributed by atoms with Crippen molar-refractivity contribution < 1.29 is 4.79 Å². The van der Waals surface area contributed by atoms with Crippen molar-refractivity contribution in [1.82, 2.24) is 24.8 Å². The van der Waals surface area contributed by atoms with E-state index in [9.17, 15) is 4.79 Å². The van der Waals surface area contributed by atoms with Crippen LogP contribution in [0.5, 0.6) is 0 Å². The Kier molecular flexibility index (Phi) is 6.04. The molecule has 0 spiro atoms. The van der Waals surface area contributed by atoms with E-state index >= 15 is 0 Å². The highest BCUT2D eigenvalue weighted by Crippen LogP contribution is 2.27. The third-order valence-corrected chi connectivity index (χ3v) is 5.31. The van der Waals surface area contributed by atoms with Crippen molar-refractivity contribution >= 4 is 35.1 Å². The number of hydrogen-bond donors (Lipinski definition) is 2. The van der Waals surface area contributed by atoms with Gasteiger partial charge in [-0.15, -0.1) is 0 Å². The first-order valence-corrected chi connectivity index (χ1v) is 10.1. The van der Waals surface area contributed by atoms with Crippen molar-refractivity contribution in [2.45, 2.75) is 18.8 Å². The number of nitrogens with one attached hydrogen (secondary N) is 2. The third-order valence-electron chi connectivity index (χ3n) is 5.06. The standard InChI is InChI=1S/C21H22ClN7O/c1-23-18-11-19(26-13-25-18)28-21-24-9-8-17(27-21)15-3-2-10-29(12-15)20(30)14-4-6-16(22)7-5-14/h4-9,11,13,15H,2-3,10,12H2,1H3,(H2,23,24,25,26,27,28). The Hall–Kier alpha value is -3.26. The molecule has 1 aliphatic heterocycles. The van der Waals surface area contributed by atoms with Gasteiger partial charge in [-0.25, -0.2) is 19.9 Å². The molecule has 3 heterocycles. The van der Waals surface area contributed by atoms with E-state index in [0.717, 1.165) is 25.1 Å². The molecule has 1 saturated heterocycles. The summed E-state index contributed by atoms with van der Waals surface area (Å²) in [5.41, 5.74) is 1.55. The number of rotatable bonds is 5. The molecule has 0 saturated carbocycles. The van der Waals surface area contributed by atoms with Gasteiger partial charge in [-0.3, -0.25) is 4.79 Å². The zero-order valence-electron chi connectivity index (χ0n) is 16.5. The van der Waals surface area contributed by atoms with Crippen LogP contribution in [-0.4, -0.2) is 50.9 Å². The molecule has 0 bridgehead atoms. The summed E-state index contributed by atoms with van der Waals surface area (Å²) in [6.07, 6.45) is 5.09. The third kappa shape index (κ3) is 4.65. The van der Waals surface area contributed by atoms with Crippen LogP contribution in [0.25, 0.3) is 0 Å². The summed E-state index contributed by atoms with van der Waals surface area (Å²) in [6.45, 7) is 1.36. The molecular formula is C21H22ClN7O. The maximum atomic E-state index is 12.9. The number of nitrogens with zero attached hydrogens (tertiary/aromatic N) is 5. The van der Waals surface area contributed by atoms with Gasteiger partial charge >= 0.3 is 0 Å². The molecule has 3 aromatic rings. The monoisotopic (exact) mass is 423 g/mol. The molecule has 154 valence electrons. The first kappa shape index (κ1) is 20.0. The van der Waals surface area contributed by atoms with Crippen LogP contribution in [0, 0.1) is 0 Å². The largest absolute Gasteiger partial charge is 0.373 e. The number of carbonyl (C=O) groups excluding carboxylic acids is 1. The molecule has 9 heteroatoms. The number of aromatic nitrogens is 4. The Bertz CT molecular complexity index is 1030. The number of carbonyl (C=O) groups is 1. The summed E-state index contributed by atoms with van der Waals surface area (Å²) in [4.78, 5) is 32.0. The van der Waals surface area contributed by atoms with E-state index in [1.54, 1.807) is 43.6 Å². The minimum absolute atomic E-state index is 0.0179. The molecule has 1 unspecified atom stereocenters. The lowest BCUT2D eigenvalue weighted by Crippen LogP contribution is -2.39. The van der Waals surface area contributed by atoms with Gasteiger partial charge in [0.05, 0.1) is 5.69 Å².